The minimum Gasteiger partial charge on any atom is -0.367 e. The van der Waals surface area contributed by atoms with Crippen LogP contribution in [-0.4, -0.2) is 29.0 Å². The van der Waals surface area contributed by atoms with Crippen molar-refractivity contribution in [1.29, 1.82) is 0 Å². The van der Waals surface area contributed by atoms with Crippen molar-refractivity contribution in [2.75, 3.05) is 6.61 Å². The lowest BCUT2D eigenvalue weighted by molar-refractivity contribution is -0.129. The molecule has 1 rings (SSSR count). The molecule has 102 valence electrons. The molecule has 0 amide bonds. The van der Waals surface area contributed by atoms with Gasteiger partial charge in [0.15, 0.2) is 0 Å². The van der Waals surface area contributed by atoms with E-state index in [1.165, 1.54) is 0 Å². The van der Waals surface area contributed by atoms with Crippen LogP contribution in [0.3, 0.4) is 0 Å². The fourth-order valence-electron chi connectivity index (χ4n) is 1.41. The van der Waals surface area contributed by atoms with Crippen LogP contribution >= 0.6 is 0 Å². The molecule has 7 heteroatoms. The standard InChI is InChI=1S/C11H16F2N2O3/c1-4-11(3,17-5-2)10-14-8(18-15-10)6-7(16)9(12)13/h9H,4-6H2,1-3H3. The highest BCUT2D eigenvalue weighted by molar-refractivity contribution is 5.82. The van der Waals surface area contributed by atoms with E-state index in [4.69, 9.17) is 9.26 Å². The van der Waals surface area contributed by atoms with Gasteiger partial charge >= 0.3 is 0 Å². The SMILES string of the molecule is CCOC(C)(CC)c1noc(CC(=O)C(F)F)n1. The second-order valence-corrected chi connectivity index (χ2v) is 3.97. The van der Waals surface area contributed by atoms with Gasteiger partial charge in [-0.25, -0.2) is 8.78 Å². The van der Waals surface area contributed by atoms with Gasteiger partial charge in [-0.15, -0.1) is 0 Å². The molecule has 0 N–H and O–H groups in total. The second kappa shape index (κ2) is 5.99. The summed E-state index contributed by atoms with van der Waals surface area (Å²) in [5.74, 6) is -1.08. The molecule has 1 heterocycles. The Morgan fingerprint density at radius 1 is 1.50 bits per heavy atom. The summed E-state index contributed by atoms with van der Waals surface area (Å²) in [6.45, 7) is 5.95. The summed E-state index contributed by atoms with van der Waals surface area (Å²) in [6, 6.07) is 0. The first-order chi connectivity index (χ1) is 8.42. The number of nitrogens with zero attached hydrogens (tertiary/aromatic N) is 2. The first-order valence-corrected chi connectivity index (χ1v) is 5.70. The third-order valence-corrected chi connectivity index (χ3v) is 2.65. The maximum atomic E-state index is 12.1. The van der Waals surface area contributed by atoms with E-state index in [2.05, 4.69) is 10.1 Å². The van der Waals surface area contributed by atoms with Gasteiger partial charge in [-0.05, 0) is 20.3 Å². The van der Waals surface area contributed by atoms with Crippen molar-refractivity contribution in [2.24, 2.45) is 0 Å². The highest BCUT2D eigenvalue weighted by Crippen LogP contribution is 2.26. The van der Waals surface area contributed by atoms with Crippen LogP contribution in [-0.2, 0) is 21.6 Å². The van der Waals surface area contributed by atoms with Crippen LogP contribution in [0.2, 0.25) is 0 Å². The fourth-order valence-corrected chi connectivity index (χ4v) is 1.41. The van der Waals surface area contributed by atoms with E-state index in [1.54, 1.807) is 6.92 Å². The Morgan fingerprint density at radius 3 is 2.67 bits per heavy atom. The molecular weight excluding hydrogens is 246 g/mol. The Morgan fingerprint density at radius 2 is 2.17 bits per heavy atom. The van der Waals surface area contributed by atoms with Crippen molar-refractivity contribution in [1.82, 2.24) is 10.1 Å². The summed E-state index contributed by atoms with van der Waals surface area (Å²) in [6.07, 6.45) is -2.98. The molecular formula is C11H16F2N2O3. The lowest BCUT2D eigenvalue weighted by Gasteiger charge is -2.23. The molecule has 0 aliphatic rings. The molecule has 0 saturated heterocycles. The number of alkyl halides is 2. The Bertz CT molecular complexity index is 409. The molecule has 5 nitrogen and oxygen atoms in total. The Hall–Kier alpha value is -1.37. The molecule has 0 radical (unpaired) electrons. The van der Waals surface area contributed by atoms with E-state index in [9.17, 15) is 13.6 Å². The zero-order valence-corrected chi connectivity index (χ0v) is 10.6. The van der Waals surface area contributed by atoms with Crippen LogP contribution in [0, 0.1) is 0 Å². The lowest BCUT2D eigenvalue weighted by Crippen LogP contribution is -2.26. The fraction of sp³-hybridized carbons (Fsp3) is 0.727. The van der Waals surface area contributed by atoms with Gasteiger partial charge < -0.3 is 9.26 Å². The Balaban J connectivity index is 2.82. The molecule has 0 aromatic carbocycles. The summed E-state index contributed by atoms with van der Waals surface area (Å²) in [5, 5.41) is 3.68. The number of halogens is 2. The van der Waals surface area contributed by atoms with Crippen molar-refractivity contribution in [2.45, 2.75) is 45.6 Å². The van der Waals surface area contributed by atoms with Gasteiger partial charge in [0.1, 0.15) is 5.60 Å². The molecule has 18 heavy (non-hydrogen) atoms. The monoisotopic (exact) mass is 262 g/mol. The summed E-state index contributed by atoms with van der Waals surface area (Å²) >= 11 is 0. The third-order valence-electron chi connectivity index (χ3n) is 2.65. The van der Waals surface area contributed by atoms with Gasteiger partial charge in [0, 0.05) is 6.61 Å². The molecule has 0 fully saturated rings. The zero-order valence-electron chi connectivity index (χ0n) is 10.6. The predicted octanol–water partition coefficient (Wildman–Crippen LogP) is 2.11. The van der Waals surface area contributed by atoms with Crippen LogP contribution in [0.5, 0.6) is 0 Å². The average molecular weight is 262 g/mol. The number of rotatable bonds is 7. The van der Waals surface area contributed by atoms with E-state index in [-0.39, 0.29) is 11.7 Å². The molecule has 0 aliphatic heterocycles. The van der Waals surface area contributed by atoms with E-state index >= 15 is 0 Å². The number of hydrogen-bond donors (Lipinski definition) is 0. The number of aromatic nitrogens is 2. The number of Topliss-reactive ketones (excluding diaryl/α,β-unsaturated/α-hetero) is 1. The third kappa shape index (κ3) is 3.32. The number of carbonyl (C=O) groups is 1. The van der Waals surface area contributed by atoms with Crippen LogP contribution in [0.1, 0.15) is 38.9 Å². The summed E-state index contributed by atoms with van der Waals surface area (Å²) in [5.41, 5.74) is -0.732. The molecule has 1 atom stereocenters. The molecule has 0 aliphatic carbocycles. The summed E-state index contributed by atoms with van der Waals surface area (Å²) in [4.78, 5) is 14.8. The van der Waals surface area contributed by atoms with Crippen molar-refractivity contribution >= 4 is 5.78 Å². The summed E-state index contributed by atoms with van der Waals surface area (Å²) < 4.78 is 34.5. The average Bonchev–Trinajstić information content (AvgIpc) is 2.78. The largest absolute Gasteiger partial charge is 0.367 e. The molecule has 0 bridgehead atoms. The van der Waals surface area contributed by atoms with Crippen LogP contribution in [0.15, 0.2) is 4.52 Å². The number of carbonyl (C=O) groups excluding carboxylic acids is 1. The van der Waals surface area contributed by atoms with Crippen molar-refractivity contribution in [3.05, 3.63) is 11.7 Å². The van der Waals surface area contributed by atoms with E-state index in [0.29, 0.717) is 13.0 Å². The molecule has 1 aromatic rings. The predicted molar refractivity (Wildman–Crippen MR) is 58.3 cm³/mol. The minimum atomic E-state index is -3.02. The highest BCUT2D eigenvalue weighted by atomic mass is 19.3. The second-order valence-electron chi connectivity index (χ2n) is 3.97. The van der Waals surface area contributed by atoms with Gasteiger partial charge in [0.25, 0.3) is 6.43 Å². The van der Waals surface area contributed by atoms with Crippen LogP contribution in [0.4, 0.5) is 8.78 Å². The topological polar surface area (TPSA) is 65.2 Å². The van der Waals surface area contributed by atoms with Crippen LogP contribution in [0.25, 0.3) is 0 Å². The lowest BCUT2D eigenvalue weighted by atomic mass is 10.0. The zero-order chi connectivity index (χ0) is 13.8. The van der Waals surface area contributed by atoms with E-state index < -0.39 is 24.2 Å². The van der Waals surface area contributed by atoms with E-state index in [1.807, 2.05) is 13.8 Å². The van der Waals surface area contributed by atoms with Gasteiger partial charge in [-0.1, -0.05) is 12.1 Å². The van der Waals surface area contributed by atoms with Gasteiger partial charge in [0.05, 0.1) is 6.42 Å². The molecule has 1 unspecified atom stereocenters. The molecule has 0 saturated carbocycles. The maximum absolute atomic E-state index is 12.1. The van der Waals surface area contributed by atoms with Crippen molar-refractivity contribution in [3.63, 3.8) is 0 Å². The number of ether oxygens (including phenoxy) is 1. The highest BCUT2D eigenvalue weighted by Gasteiger charge is 2.31. The Labute approximate surface area is 104 Å². The van der Waals surface area contributed by atoms with E-state index in [0.717, 1.165) is 0 Å². The van der Waals surface area contributed by atoms with Crippen molar-refractivity contribution in [3.8, 4) is 0 Å². The quantitative estimate of drug-likeness (QED) is 0.753. The maximum Gasteiger partial charge on any atom is 0.296 e. The van der Waals surface area contributed by atoms with Crippen LogP contribution < -0.4 is 0 Å². The first kappa shape index (κ1) is 14.7. The number of ketones is 1. The normalized spacial score (nSPS) is 14.8. The summed E-state index contributed by atoms with van der Waals surface area (Å²) in [7, 11) is 0. The smallest absolute Gasteiger partial charge is 0.296 e. The first-order valence-electron chi connectivity index (χ1n) is 5.70. The van der Waals surface area contributed by atoms with Gasteiger partial charge in [-0.3, -0.25) is 4.79 Å². The van der Waals surface area contributed by atoms with Gasteiger partial charge in [-0.2, -0.15) is 4.98 Å². The minimum absolute atomic E-state index is 0.116. The number of hydrogen-bond acceptors (Lipinski definition) is 5. The van der Waals surface area contributed by atoms with Crippen molar-refractivity contribution < 1.29 is 22.8 Å². The van der Waals surface area contributed by atoms with Gasteiger partial charge in [0.2, 0.25) is 17.5 Å². The Kier molecular flexibility index (Phi) is 4.89. The molecule has 0 spiro atoms. The molecule has 1 aromatic heterocycles.